The van der Waals surface area contributed by atoms with Crippen LogP contribution in [0.25, 0.3) is 27.9 Å². The molecule has 0 amide bonds. The maximum Gasteiger partial charge on any atom is 0.344 e. The van der Waals surface area contributed by atoms with Crippen LogP contribution in [-0.4, -0.2) is 27.3 Å². The van der Waals surface area contributed by atoms with Gasteiger partial charge < -0.3 is 14.4 Å². The molecule has 0 fully saturated rings. The second-order valence-corrected chi connectivity index (χ2v) is 8.88. The van der Waals surface area contributed by atoms with Crippen LogP contribution in [0.4, 0.5) is 5.69 Å². The summed E-state index contributed by atoms with van der Waals surface area (Å²) in [6.07, 6.45) is 1.89. The van der Waals surface area contributed by atoms with Gasteiger partial charge in [-0.05, 0) is 55.8 Å². The first-order chi connectivity index (χ1) is 16.6. The van der Waals surface area contributed by atoms with E-state index in [1.165, 1.54) is 28.2 Å². The number of aliphatic imine (C=N–C) groups is 1. The molecule has 1 aliphatic rings. The van der Waals surface area contributed by atoms with Crippen LogP contribution in [0.15, 0.2) is 94.0 Å². The van der Waals surface area contributed by atoms with Crippen molar-refractivity contribution in [1.82, 2.24) is 4.57 Å². The molecule has 0 unspecified atom stereocenters. The molecule has 34 heavy (non-hydrogen) atoms. The molecule has 1 aromatic heterocycles. The number of hydrogen-bond acceptors (Lipinski definition) is 5. The van der Waals surface area contributed by atoms with Crippen LogP contribution in [0.2, 0.25) is 0 Å². The quantitative estimate of drug-likeness (QED) is 0.320. The van der Waals surface area contributed by atoms with Crippen LogP contribution >= 0.6 is 11.8 Å². The highest BCUT2D eigenvalue weighted by Gasteiger charge is 2.33. The summed E-state index contributed by atoms with van der Waals surface area (Å²) in [4.78, 5) is 17.8. The Kier molecular flexibility index (Phi) is 5.99. The molecule has 0 aliphatic carbocycles. The first-order valence-corrected chi connectivity index (χ1v) is 12.1. The van der Waals surface area contributed by atoms with E-state index in [1.807, 2.05) is 48.5 Å². The van der Waals surface area contributed by atoms with Gasteiger partial charge in [0.05, 0.1) is 17.2 Å². The molecule has 0 radical (unpaired) electrons. The second-order valence-electron chi connectivity index (χ2n) is 7.85. The number of carbonyl (C=O) groups is 1. The molecule has 0 bridgehead atoms. The maximum absolute atomic E-state index is 12.6. The van der Waals surface area contributed by atoms with Gasteiger partial charge in [0.25, 0.3) is 0 Å². The highest BCUT2D eigenvalue weighted by atomic mass is 32.2. The lowest BCUT2D eigenvalue weighted by Crippen LogP contribution is -2.12. The largest absolute Gasteiger partial charge is 0.506 e. The van der Waals surface area contributed by atoms with Crippen LogP contribution < -0.4 is 0 Å². The van der Waals surface area contributed by atoms with Crippen LogP contribution in [0.1, 0.15) is 19.4 Å². The SMILES string of the molecule is CCOC(=O)C1=C(O)/C(=C/c2ccc3c(c2)c2ccccc2n3CC)SC1=Nc1ccccc1. The van der Waals surface area contributed by atoms with E-state index in [2.05, 4.69) is 46.8 Å². The third-order valence-corrected chi connectivity index (χ3v) is 6.79. The zero-order chi connectivity index (χ0) is 23.7. The number of esters is 1. The van der Waals surface area contributed by atoms with Gasteiger partial charge in [-0.15, -0.1) is 0 Å². The molecule has 0 spiro atoms. The monoisotopic (exact) mass is 468 g/mol. The van der Waals surface area contributed by atoms with E-state index < -0.39 is 5.97 Å². The van der Waals surface area contributed by atoms with Crippen molar-refractivity contribution in [3.8, 4) is 0 Å². The summed E-state index contributed by atoms with van der Waals surface area (Å²) in [5.74, 6) is -0.679. The zero-order valence-corrected chi connectivity index (χ0v) is 19.8. The molecular weight excluding hydrogens is 444 g/mol. The van der Waals surface area contributed by atoms with Crippen LogP contribution in [0.5, 0.6) is 0 Å². The van der Waals surface area contributed by atoms with Gasteiger partial charge in [0.2, 0.25) is 0 Å². The molecule has 5 nitrogen and oxygen atoms in total. The number of aliphatic hydroxyl groups excluding tert-OH is 1. The number of aryl methyl sites for hydroxylation is 1. The van der Waals surface area contributed by atoms with Crippen molar-refractivity contribution in [1.29, 1.82) is 0 Å². The minimum Gasteiger partial charge on any atom is -0.506 e. The van der Waals surface area contributed by atoms with Crippen molar-refractivity contribution in [2.24, 2.45) is 4.99 Å². The fraction of sp³-hybridized carbons (Fsp3) is 0.143. The third kappa shape index (κ3) is 3.90. The number of rotatable bonds is 5. The Balaban J connectivity index is 1.61. The van der Waals surface area contributed by atoms with Crippen molar-refractivity contribution in [2.75, 3.05) is 6.61 Å². The van der Waals surface area contributed by atoms with Crippen molar-refractivity contribution < 1.29 is 14.6 Å². The van der Waals surface area contributed by atoms with Crippen molar-refractivity contribution >= 4 is 56.3 Å². The van der Waals surface area contributed by atoms with Crippen molar-refractivity contribution in [3.63, 3.8) is 0 Å². The molecule has 0 atom stereocenters. The first kappa shape index (κ1) is 22.0. The summed E-state index contributed by atoms with van der Waals surface area (Å²) in [5, 5.41) is 13.8. The van der Waals surface area contributed by atoms with Crippen LogP contribution in [-0.2, 0) is 16.1 Å². The van der Waals surface area contributed by atoms with Crippen molar-refractivity contribution in [2.45, 2.75) is 20.4 Å². The molecule has 5 rings (SSSR count). The number of ether oxygens (including phenoxy) is 1. The van der Waals surface area contributed by atoms with Gasteiger partial charge in [0.1, 0.15) is 16.4 Å². The van der Waals surface area contributed by atoms with Gasteiger partial charge >= 0.3 is 5.97 Å². The van der Waals surface area contributed by atoms with E-state index >= 15 is 0 Å². The summed E-state index contributed by atoms with van der Waals surface area (Å²) < 4.78 is 7.50. The average Bonchev–Trinajstić information content (AvgIpc) is 3.33. The highest BCUT2D eigenvalue weighted by Crippen LogP contribution is 2.40. The number of carbonyl (C=O) groups excluding carboxylic acids is 1. The molecule has 0 saturated heterocycles. The summed E-state index contributed by atoms with van der Waals surface area (Å²) in [5.41, 5.74) is 4.11. The number of aromatic nitrogens is 1. The van der Waals surface area contributed by atoms with E-state index in [-0.39, 0.29) is 17.9 Å². The summed E-state index contributed by atoms with van der Waals surface area (Å²) >= 11 is 1.27. The van der Waals surface area contributed by atoms with Gasteiger partial charge in [-0.3, -0.25) is 0 Å². The van der Waals surface area contributed by atoms with E-state index in [0.717, 1.165) is 17.5 Å². The predicted octanol–water partition coefficient (Wildman–Crippen LogP) is 7.01. The Morgan fingerprint density at radius 3 is 2.50 bits per heavy atom. The molecule has 1 N–H and O–H groups in total. The predicted molar refractivity (Wildman–Crippen MR) is 141 cm³/mol. The fourth-order valence-electron chi connectivity index (χ4n) is 4.26. The number of thioether (sulfide) groups is 1. The minimum atomic E-state index is -0.577. The summed E-state index contributed by atoms with van der Waals surface area (Å²) in [6.45, 7) is 4.98. The molecule has 3 aromatic carbocycles. The molecule has 4 aromatic rings. The smallest absolute Gasteiger partial charge is 0.344 e. The molecular formula is C28H24N2O3S. The summed E-state index contributed by atoms with van der Waals surface area (Å²) in [7, 11) is 0. The Hall–Kier alpha value is -3.77. The third-order valence-electron chi connectivity index (χ3n) is 5.77. The van der Waals surface area contributed by atoms with Gasteiger partial charge in [-0.2, -0.15) is 0 Å². The zero-order valence-electron chi connectivity index (χ0n) is 19.0. The van der Waals surface area contributed by atoms with E-state index in [9.17, 15) is 9.90 Å². The van der Waals surface area contributed by atoms with E-state index in [1.54, 1.807) is 6.92 Å². The molecule has 1 aliphatic heterocycles. The van der Waals surface area contributed by atoms with Crippen LogP contribution in [0, 0.1) is 0 Å². The molecule has 2 heterocycles. The lowest BCUT2D eigenvalue weighted by Gasteiger charge is -2.03. The Morgan fingerprint density at radius 1 is 1.00 bits per heavy atom. The lowest BCUT2D eigenvalue weighted by atomic mass is 10.1. The van der Waals surface area contributed by atoms with Gasteiger partial charge in [0, 0.05) is 28.4 Å². The molecule has 6 heteroatoms. The van der Waals surface area contributed by atoms with Crippen molar-refractivity contribution in [3.05, 3.63) is 94.6 Å². The lowest BCUT2D eigenvalue weighted by molar-refractivity contribution is -0.138. The standard InChI is InChI=1S/C28H24N2O3S/c1-3-30-22-13-9-8-12-20(22)21-16-18(14-15-23(21)30)17-24-26(31)25(28(32)33-4-2)27(34-24)29-19-10-6-5-7-11-19/h5-17,31H,3-4H2,1-2H3/b24-17-,29-27?. The number of fused-ring (bicyclic) bond motifs is 3. The normalized spacial score (nSPS) is 16.3. The number of nitrogens with zero attached hydrogens (tertiary/aromatic N) is 2. The number of benzene rings is 3. The maximum atomic E-state index is 12.6. The highest BCUT2D eigenvalue weighted by molar-refractivity contribution is 8.18. The minimum absolute atomic E-state index is 0.102. The Bertz CT molecular complexity index is 1500. The van der Waals surface area contributed by atoms with E-state index in [0.29, 0.717) is 15.6 Å². The number of para-hydroxylation sites is 2. The number of hydrogen-bond donors (Lipinski definition) is 1. The van der Waals surface area contributed by atoms with Crippen LogP contribution in [0.3, 0.4) is 0 Å². The Labute approximate surface area is 202 Å². The van der Waals surface area contributed by atoms with E-state index in [4.69, 9.17) is 4.74 Å². The second kappa shape index (κ2) is 9.23. The molecule has 170 valence electrons. The Morgan fingerprint density at radius 2 is 1.74 bits per heavy atom. The average molecular weight is 469 g/mol. The number of aliphatic hydroxyl groups is 1. The topological polar surface area (TPSA) is 63.8 Å². The fourth-order valence-corrected chi connectivity index (χ4v) is 5.30. The molecule has 0 saturated carbocycles. The van der Waals surface area contributed by atoms with Gasteiger partial charge in [-0.25, -0.2) is 9.79 Å². The first-order valence-electron chi connectivity index (χ1n) is 11.3. The van der Waals surface area contributed by atoms with Gasteiger partial charge in [0.15, 0.2) is 0 Å². The van der Waals surface area contributed by atoms with Gasteiger partial charge in [-0.1, -0.05) is 54.2 Å². The summed E-state index contributed by atoms with van der Waals surface area (Å²) in [6, 6.07) is 24.0.